The summed E-state index contributed by atoms with van der Waals surface area (Å²) in [6.45, 7) is 0. The Morgan fingerprint density at radius 2 is 0.696 bits per heavy atom. The van der Waals surface area contributed by atoms with Gasteiger partial charge < -0.3 is 4.57 Å². The van der Waals surface area contributed by atoms with Crippen molar-refractivity contribution in [1.82, 2.24) is 24.1 Å². The van der Waals surface area contributed by atoms with Gasteiger partial charge in [0.15, 0.2) is 11.6 Å². The predicted octanol–water partition coefficient (Wildman–Crippen LogP) is 12.7. The van der Waals surface area contributed by atoms with Gasteiger partial charge in [-0.25, -0.2) is 4.98 Å². The van der Waals surface area contributed by atoms with Crippen molar-refractivity contribution in [1.29, 1.82) is 0 Å². The Morgan fingerprint density at radius 3 is 1.30 bits per heavy atom. The maximum atomic E-state index is 5.24. The molecule has 8 aromatic carbocycles. The molecule has 11 aromatic rings. The van der Waals surface area contributed by atoms with E-state index >= 15 is 0 Å². The normalized spacial score (nSPS) is 11.6. The second-order valence-corrected chi connectivity index (χ2v) is 14.1. The number of aromatic nitrogens is 5. The van der Waals surface area contributed by atoms with Crippen LogP contribution >= 0.6 is 0 Å². The van der Waals surface area contributed by atoms with Crippen LogP contribution in [0.4, 0.5) is 0 Å². The van der Waals surface area contributed by atoms with Crippen LogP contribution in [0.25, 0.3) is 100 Å². The number of hydrogen-bond acceptors (Lipinski definition) is 3. The van der Waals surface area contributed by atoms with E-state index in [2.05, 4.69) is 185 Å². The van der Waals surface area contributed by atoms with Gasteiger partial charge in [-0.2, -0.15) is 9.97 Å². The number of para-hydroxylation sites is 2. The van der Waals surface area contributed by atoms with Crippen molar-refractivity contribution in [2.45, 2.75) is 0 Å². The summed E-state index contributed by atoms with van der Waals surface area (Å²) >= 11 is 0. The number of hydrogen-bond donors (Lipinski definition) is 0. The largest absolute Gasteiger partial charge is 0.309 e. The van der Waals surface area contributed by atoms with Gasteiger partial charge >= 0.3 is 0 Å². The van der Waals surface area contributed by atoms with Gasteiger partial charge in [-0.3, -0.25) is 4.57 Å². The molecule has 0 bridgehead atoms. The van der Waals surface area contributed by atoms with Gasteiger partial charge in [0.2, 0.25) is 5.95 Å². The molecular weight excluding hydrogens is 683 g/mol. The number of fused-ring (bicyclic) bond motifs is 6. The highest BCUT2D eigenvalue weighted by atomic mass is 15.2. The molecule has 0 aliphatic rings. The lowest BCUT2D eigenvalue weighted by Gasteiger charge is -2.12. The van der Waals surface area contributed by atoms with E-state index in [9.17, 15) is 0 Å². The first kappa shape index (κ1) is 31.9. The maximum Gasteiger partial charge on any atom is 0.238 e. The highest BCUT2D eigenvalue weighted by molar-refractivity contribution is 6.19. The third kappa shape index (κ3) is 5.29. The fourth-order valence-electron chi connectivity index (χ4n) is 8.13. The summed E-state index contributed by atoms with van der Waals surface area (Å²) in [4.78, 5) is 15.5. The highest BCUT2D eigenvalue weighted by Gasteiger charge is 2.21. The lowest BCUT2D eigenvalue weighted by molar-refractivity contribution is 0.954. The monoisotopic (exact) mass is 715 g/mol. The van der Waals surface area contributed by atoms with Crippen LogP contribution in [0.15, 0.2) is 200 Å². The maximum absolute atomic E-state index is 5.24. The van der Waals surface area contributed by atoms with Gasteiger partial charge in [0.1, 0.15) is 0 Å². The summed E-state index contributed by atoms with van der Waals surface area (Å²) < 4.78 is 4.61. The molecule has 0 radical (unpaired) electrons. The Hall–Kier alpha value is -7.63. The molecule has 0 saturated carbocycles. The lowest BCUT2D eigenvalue weighted by Crippen LogP contribution is -2.06. The first-order chi connectivity index (χ1) is 27.8. The standard InChI is InChI=1S/C51H33N5/c1-4-15-34(16-5-1)36-27-29-38(30-28-36)50-52-49(37-19-8-3-9-20-37)53-51(54-50)56-46-26-13-11-24-42(46)44-32-47-43(33-48(44)56)41-23-10-12-25-45(41)55(47)40-22-14-21-39(31-40)35-17-6-2-7-18-35/h1-33H. The Bertz CT molecular complexity index is 3220. The fourth-order valence-corrected chi connectivity index (χ4v) is 8.13. The Kier molecular flexibility index (Phi) is 7.42. The fraction of sp³-hybridized carbons (Fsp3) is 0. The molecule has 3 heterocycles. The Morgan fingerprint density at radius 1 is 0.268 bits per heavy atom. The molecule has 3 aromatic heterocycles. The summed E-state index contributed by atoms with van der Waals surface area (Å²) in [7, 11) is 0. The molecule has 0 amide bonds. The van der Waals surface area contributed by atoms with Crippen molar-refractivity contribution in [2.75, 3.05) is 0 Å². The minimum absolute atomic E-state index is 0.575. The summed E-state index contributed by atoms with van der Waals surface area (Å²) in [6, 6.07) is 70.4. The van der Waals surface area contributed by atoms with Gasteiger partial charge in [0.05, 0.1) is 22.1 Å². The average molecular weight is 716 g/mol. The SMILES string of the molecule is c1ccc(-c2ccc(-c3nc(-c4ccccc4)nc(-n4c5ccccc5c5cc6c(cc54)c4ccccc4n6-c4cccc(-c5ccccc5)c4)n3)cc2)cc1. The summed E-state index contributed by atoms with van der Waals surface area (Å²) in [6.07, 6.45) is 0. The van der Waals surface area contributed by atoms with E-state index < -0.39 is 0 Å². The van der Waals surface area contributed by atoms with Crippen LogP contribution in [0.1, 0.15) is 0 Å². The molecule has 5 nitrogen and oxygen atoms in total. The third-order valence-electron chi connectivity index (χ3n) is 10.8. The summed E-state index contributed by atoms with van der Waals surface area (Å²) in [5.74, 6) is 1.82. The minimum atomic E-state index is 0.575. The van der Waals surface area contributed by atoms with Gasteiger partial charge in [0, 0.05) is 38.4 Å². The van der Waals surface area contributed by atoms with E-state index in [0.717, 1.165) is 60.6 Å². The van der Waals surface area contributed by atoms with Crippen molar-refractivity contribution >= 4 is 43.6 Å². The van der Waals surface area contributed by atoms with Crippen LogP contribution in [0.2, 0.25) is 0 Å². The van der Waals surface area contributed by atoms with E-state index in [1.165, 1.54) is 22.1 Å². The second kappa shape index (κ2) is 13.0. The Labute approximate surface area is 323 Å². The number of benzene rings is 8. The van der Waals surface area contributed by atoms with Crippen LogP contribution in [0.5, 0.6) is 0 Å². The molecule has 0 unspecified atom stereocenters. The van der Waals surface area contributed by atoms with E-state index in [0.29, 0.717) is 17.6 Å². The number of nitrogens with zero attached hydrogens (tertiary/aromatic N) is 5. The molecule has 0 saturated heterocycles. The molecule has 0 atom stereocenters. The molecule has 56 heavy (non-hydrogen) atoms. The zero-order valence-electron chi connectivity index (χ0n) is 30.3. The van der Waals surface area contributed by atoms with Crippen LogP contribution in [-0.4, -0.2) is 24.1 Å². The topological polar surface area (TPSA) is 48.5 Å². The molecule has 5 heteroatoms. The molecule has 0 aliphatic carbocycles. The van der Waals surface area contributed by atoms with Gasteiger partial charge in [0.25, 0.3) is 0 Å². The zero-order chi connectivity index (χ0) is 37.0. The third-order valence-corrected chi connectivity index (χ3v) is 10.8. The Balaban J connectivity index is 1.15. The smallest absolute Gasteiger partial charge is 0.238 e. The van der Waals surface area contributed by atoms with Crippen molar-refractivity contribution in [3.63, 3.8) is 0 Å². The van der Waals surface area contributed by atoms with Crippen molar-refractivity contribution in [2.24, 2.45) is 0 Å². The van der Waals surface area contributed by atoms with Crippen LogP contribution in [-0.2, 0) is 0 Å². The van der Waals surface area contributed by atoms with Gasteiger partial charge in [-0.15, -0.1) is 0 Å². The van der Waals surface area contributed by atoms with E-state index in [4.69, 9.17) is 15.0 Å². The van der Waals surface area contributed by atoms with E-state index in [1.807, 2.05) is 24.3 Å². The van der Waals surface area contributed by atoms with Crippen LogP contribution in [0.3, 0.4) is 0 Å². The zero-order valence-corrected chi connectivity index (χ0v) is 30.3. The van der Waals surface area contributed by atoms with E-state index in [1.54, 1.807) is 0 Å². The minimum Gasteiger partial charge on any atom is -0.309 e. The van der Waals surface area contributed by atoms with Gasteiger partial charge in [-0.1, -0.05) is 164 Å². The van der Waals surface area contributed by atoms with Crippen molar-refractivity contribution < 1.29 is 0 Å². The van der Waals surface area contributed by atoms with Crippen molar-refractivity contribution in [3.8, 4) is 56.7 Å². The van der Waals surface area contributed by atoms with Gasteiger partial charge in [-0.05, 0) is 58.7 Å². The molecule has 262 valence electrons. The second-order valence-electron chi connectivity index (χ2n) is 14.1. The molecule has 0 aliphatic heterocycles. The quantitative estimate of drug-likeness (QED) is 0.172. The molecular formula is C51H33N5. The molecule has 0 fully saturated rings. The van der Waals surface area contributed by atoms with Crippen molar-refractivity contribution in [3.05, 3.63) is 200 Å². The van der Waals surface area contributed by atoms with Crippen LogP contribution in [0, 0.1) is 0 Å². The molecule has 0 spiro atoms. The predicted molar refractivity (Wildman–Crippen MR) is 230 cm³/mol. The summed E-state index contributed by atoms with van der Waals surface area (Å²) in [5.41, 5.74) is 12.0. The summed E-state index contributed by atoms with van der Waals surface area (Å²) in [5, 5.41) is 4.61. The molecule has 0 N–H and O–H groups in total. The average Bonchev–Trinajstić information content (AvgIpc) is 3.78. The molecule has 11 rings (SSSR count). The highest BCUT2D eigenvalue weighted by Crippen LogP contribution is 2.40. The first-order valence-electron chi connectivity index (χ1n) is 18.9. The van der Waals surface area contributed by atoms with E-state index in [-0.39, 0.29) is 0 Å². The first-order valence-corrected chi connectivity index (χ1v) is 18.9. The lowest BCUT2D eigenvalue weighted by atomic mass is 10.0. The van der Waals surface area contributed by atoms with Crippen LogP contribution < -0.4 is 0 Å². The number of rotatable bonds is 6.